The van der Waals surface area contributed by atoms with E-state index in [4.69, 9.17) is 12.2 Å². The molecule has 4 heterocycles. The summed E-state index contributed by atoms with van der Waals surface area (Å²) in [6, 6.07) is 23.0. The third kappa shape index (κ3) is 4.02. The summed E-state index contributed by atoms with van der Waals surface area (Å²) in [4.78, 5) is 11.5. The molecule has 0 bridgehead atoms. The van der Waals surface area contributed by atoms with E-state index in [2.05, 4.69) is 81.9 Å². The van der Waals surface area contributed by atoms with Gasteiger partial charge in [0.1, 0.15) is 0 Å². The second-order valence-corrected chi connectivity index (χ2v) is 8.96. The molecule has 6 heteroatoms. The van der Waals surface area contributed by atoms with Crippen molar-refractivity contribution in [2.45, 2.75) is 39.4 Å². The van der Waals surface area contributed by atoms with E-state index >= 15 is 0 Å². The van der Waals surface area contributed by atoms with Gasteiger partial charge in [0, 0.05) is 29.5 Å². The van der Waals surface area contributed by atoms with Gasteiger partial charge in [-0.3, -0.25) is 9.97 Å². The van der Waals surface area contributed by atoms with Gasteiger partial charge in [0.15, 0.2) is 5.11 Å². The smallest absolute Gasteiger partial charge is 0.170 e. The fraction of sp³-hybridized carbons (Fsp3) is 0.222. The number of nitrogens with zero attached hydrogens (tertiary/aromatic N) is 4. The highest BCUT2D eigenvalue weighted by atomic mass is 32.1. The molecular weight excluding hydrogens is 426 g/mol. The Bertz CT molecular complexity index is 1270. The SMILES string of the molecule is Cc1ccc(-n2c(C)cc([C@@H]3[C@@H](c4ccccn4)NC(=S)N3Cc3ccccn3)c2C)cc1. The average Bonchev–Trinajstić information content (AvgIpc) is 3.31. The van der Waals surface area contributed by atoms with Gasteiger partial charge in [-0.2, -0.15) is 0 Å². The predicted octanol–water partition coefficient (Wildman–Crippen LogP) is 5.37. The molecule has 5 nitrogen and oxygen atoms in total. The van der Waals surface area contributed by atoms with Gasteiger partial charge >= 0.3 is 0 Å². The highest BCUT2D eigenvalue weighted by Crippen LogP contribution is 2.42. The van der Waals surface area contributed by atoms with Crippen LogP contribution in [0.2, 0.25) is 0 Å². The number of rotatable bonds is 5. The maximum Gasteiger partial charge on any atom is 0.170 e. The minimum absolute atomic E-state index is 0.000181. The van der Waals surface area contributed by atoms with Crippen molar-refractivity contribution in [3.63, 3.8) is 0 Å². The molecule has 1 aromatic carbocycles. The van der Waals surface area contributed by atoms with E-state index in [-0.39, 0.29) is 12.1 Å². The molecule has 5 rings (SSSR count). The molecular formula is C27H27N5S. The van der Waals surface area contributed by atoms with Crippen LogP contribution in [-0.2, 0) is 6.54 Å². The lowest BCUT2D eigenvalue weighted by atomic mass is 9.96. The van der Waals surface area contributed by atoms with E-state index in [1.807, 2.05) is 42.7 Å². The molecule has 4 aromatic rings. The Balaban J connectivity index is 1.61. The van der Waals surface area contributed by atoms with Gasteiger partial charge in [0.05, 0.1) is 30.0 Å². The van der Waals surface area contributed by atoms with Gasteiger partial charge in [-0.1, -0.05) is 29.8 Å². The minimum atomic E-state index is -0.0469. The summed E-state index contributed by atoms with van der Waals surface area (Å²) in [5.74, 6) is 0. The molecule has 0 aliphatic carbocycles. The molecule has 2 atom stereocenters. The number of nitrogens with one attached hydrogen (secondary N) is 1. The fourth-order valence-corrected chi connectivity index (χ4v) is 5.06. The van der Waals surface area contributed by atoms with Crippen LogP contribution in [0.25, 0.3) is 5.69 Å². The van der Waals surface area contributed by atoms with Gasteiger partial charge in [-0.05, 0) is 81.0 Å². The summed E-state index contributed by atoms with van der Waals surface area (Å²) in [7, 11) is 0. The first-order valence-electron chi connectivity index (χ1n) is 11.2. The lowest BCUT2D eigenvalue weighted by Gasteiger charge is -2.28. The molecule has 1 saturated heterocycles. The fourth-order valence-electron chi connectivity index (χ4n) is 4.76. The Kier molecular flexibility index (Phi) is 5.68. The van der Waals surface area contributed by atoms with Crippen LogP contribution in [0.5, 0.6) is 0 Å². The van der Waals surface area contributed by atoms with Gasteiger partial charge in [0.25, 0.3) is 0 Å². The number of hydrogen-bond donors (Lipinski definition) is 1. The number of aryl methyl sites for hydroxylation is 2. The average molecular weight is 454 g/mol. The number of aromatic nitrogens is 3. The summed E-state index contributed by atoms with van der Waals surface area (Å²) >= 11 is 5.84. The molecule has 0 spiro atoms. The highest BCUT2D eigenvalue weighted by molar-refractivity contribution is 7.80. The van der Waals surface area contributed by atoms with Crippen molar-refractivity contribution in [3.05, 3.63) is 113 Å². The van der Waals surface area contributed by atoms with Crippen LogP contribution in [-0.4, -0.2) is 24.5 Å². The van der Waals surface area contributed by atoms with Crippen LogP contribution in [0.4, 0.5) is 0 Å². The van der Waals surface area contributed by atoms with Crippen molar-refractivity contribution < 1.29 is 0 Å². The Morgan fingerprint density at radius 1 is 0.909 bits per heavy atom. The van der Waals surface area contributed by atoms with E-state index in [1.54, 1.807) is 0 Å². The molecule has 0 amide bonds. The lowest BCUT2D eigenvalue weighted by molar-refractivity contribution is 0.307. The molecule has 0 saturated carbocycles. The number of benzene rings is 1. The third-order valence-electron chi connectivity index (χ3n) is 6.34. The first kappa shape index (κ1) is 21.3. The summed E-state index contributed by atoms with van der Waals surface area (Å²) in [6.45, 7) is 7.10. The quantitative estimate of drug-likeness (QED) is 0.412. The standard InChI is InChI=1S/C27H27N5S/c1-18-10-12-22(13-11-18)32-19(2)16-23(20(32)3)26-25(24-9-5-7-15-29-24)30-27(33)31(26)17-21-8-4-6-14-28-21/h4-16,25-26H,17H2,1-3H3,(H,30,33)/t25-,26-/m1/s1. The summed E-state index contributed by atoms with van der Waals surface area (Å²) in [6.07, 6.45) is 3.67. The second-order valence-electron chi connectivity index (χ2n) is 8.57. The lowest BCUT2D eigenvalue weighted by Crippen LogP contribution is -2.29. The van der Waals surface area contributed by atoms with Gasteiger partial charge in [-0.15, -0.1) is 0 Å². The summed E-state index contributed by atoms with van der Waals surface area (Å²) in [5, 5.41) is 4.27. The van der Waals surface area contributed by atoms with Crippen LogP contribution in [0.1, 0.15) is 46.0 Å². The first-order valence-corrected chi connectivity index (χ1v) is 11.6. The molecule has 0 unspecified atom stereocenters. The van der Waals surface area contributed by atoms with Crippen LogP contribution in [0.3, 0.4) is 0 Å². The number of pyridine rings is 2. The summed E-state index contributed by atoms with van der Waals surface area (Å²) < 4.78 is 2.32. The monoisotopic (exact) mass is 453 g/mol. The van der Waals surface area contributed by atoms with Crippen LogP contribution >= 0.6 is 12.2 Å². The van der Waals surface area contributed by atoms with Crippen molar-refractivity contribution in [2.24, 2.45) is 0 Å². The summed E-state index contributed by atoms with van der Waals surface area (Å²) in [5.41, 5.74) is 8.03. The zero-order chi connectivity index (χ0) is 22.9. The van der Waals surface area contributed by atoms with Crippen molar-refractivity contribution in [1.82, 2.24) is 24.8 Å². The van der Waals surface area contributed by atoms with Crippen molar-refractivity contribution in [2.75, 3.05) is 0 Å². The van der Waals surface area contributed by atoms with Gasteiger partial charge in [0.2, 0.25) is 0 Å². The largest absolute Gasteiger partial charge is 0.352 e. The Labute approximate surface area is 200 Å². The topological polar surface area (TPSA) is 46.0 Å². The van der Waals surface area contributed by atoms with E-state index in [0.29, 0.717) is 6.54 Å². The normalized spacial score (nSPS) is 17.9. The van der Waals surface area contributed by atoms with Gasteiger partial charge in [-0.25, -0.2) is 0 Å². The van der Waals surface area contributed by atoms with Crippen LogP contribution in [0, 0.1) is 20.8 Å². The highest BCUT2D eigenvalue weighted by Gasteiger charge is 2.41. The Hall–Kier alpha value is -3.51. The van der Waals surface area contributed by atoms with Crippen molar-refractivity contribution in [1.29, 1.82) is 0 Å². The van der Waals surface area contributed by atoms with E-state index in [0.717, 1.165) is 16.5 Å². The molecule has 33 heavy (non-hydrogen) atoms. The van der Waals surface area contributed by atoms with Crippen molar-refractivity contribution >= 4 is 17.3 Å². The Morgan fingerprint density at radius 3 is 2.30 bits per heavy atom. The maximum atomic E-state index is 5.84. The predicted molar refractivity (Wildman–Crippen MR) is 135 cm³/mol. The molecule has 1 aliphatic rings. The van der Waals surface area contributed by atoms with E-state index in [1.165, 1.54) is 28.2 Å². The number of thiocarbonyl (C=S) groups is 1. The zero-order valence-electron chi connectivity index (χ0n) is 19.1. The van der Waals surface area contributed by atoms with Crippen LogP contribution in [0.15, 0.2) is 79.1 Å². The maximum absolute atomic E-state index is 5.84. The second kappa shape index (κ2) is 8.79. The Morgan fingerprint density at radius 2 is 1.64 bits per heavy atom. The molecule has 0 radical (unpaired) electrons. The minimum Gasteiger partial charge on any atom is -0.352 e. The third-order valence-corrected chi connectivity index (χ3v) is 6.69. The van der Waals surface area contributed by atoms with Gasteiger partial charge < -0.3 is 14.8 Å². The number of hydrogen-bond acceptors (Lipinski definition) is 3. The molecule has 3 aromatic heterocycles. The molecule has 1 N–H and O–H groups in total. The van der Waals surface area contributed by atoms with E-state index in [9.17, 15) is 0 Å². The first-order chi connectivity index (χ1) is 16.0. The zero-order valence-corrected chi connectivity index (χ0v) is 19.9. The van der Waals surface area contributed by atoms with E-state index < -0.39 is 0 Å². The molecule has 166 valence electrons. The van der Waals surface area contributed by atoms with Crippen LogP contribution < -0.4 is 5.32 Å². The van der Waals surface area contributed by atoms with Crippen molar-refractivity contribution in [3.8, 4) is 5.69 Å². The molecule has 1 fully saturated rings. The molecule has 1 aliphatic heterocycles.